The van der Waals surface area contributed by atoms with Crippen molar-refractivity contribution in [3.63, 3.8) is 0 Å². The van der Waals surface area contributed by atoms with Gasteiger partial charge in [0.15, 0.2) is 0 Å². The maximum absolute atomic E-state index is 3.71. The van der Waals surface area contributed by atoms with Gasteiger partial charge in [-0.15, -0.1) is 0 Å². The fourth-order valence-electron chi connectivity index (χ4n) is 2.41. The first-order valence-electron chi connectivity index (χ1n) is 6.88. The molecule has 0 amide bonds. The van der Waals surface area contributed by atoms with Crippen LogP contribution in [0.25, 0.3) is 0 Å². The second-order valence-electron chi connectivity index (χ2n) is 6.13. The number of rotatable bonds is 5. The predicted molar refractivity (Wildman–Crippen MR) is 74.2 cm³/mol. The summed E-state index contributed by atoms with van der Waals surface area (Å²) in [5.41, 5.74) is 3.37. The summed E-state index contributed by atoms with van der Waals surface area (Å²) in [5.74, 6) is 0. The van der Waals surface area contributed by atoms with Crippen molar-refractivity contribution in [3.05, 3.63) is 35.4 Å². The highest BCUT2D eigenvalue weighted by atomic mass is 15.0. The Morgan fingerprint density at radius 1 is 1.29 bits per heavy atom. The monoisotopic (exact) mass is 231 g/mol. The van der Waals surface area contributed by atoms with E-state index in [1.54, 1.807) is 0 Å². The van der Waals surface area contributed by atoms with Crippen molar-refractivity contribution in [1.29, 1.82) is 0 Å². The minimum Gasteiger partial charge on any atom is -0.307 e. The Balaban J connectivity index is 1.93. The predicted octanol–water partition coefficient (Wildman–Crippen LogP) is 4.09. The molecule has 0 saturated heterocycles. The molecule has 1 aliphatic carbocycles. The normalized spacial score (nSPS) is 23.4. The van der Waals surface area contributed by atoms with Gasteiger partial charge in [0.2, 0.25) is 0 Å². The van der Waals surface area contributed by atoms with Crippen LogP contribution in [0.5, 0.6) is 0 Å². The van der Waals surface area contributed by atoms with Gasteiger partial charge in [-0.25, -0.2) is 0 Å². The van der Waals surface area contributed by atoms with E-state index in [4.69, 9.17) is 0 Å². The van der Waals surface area contributed by atoms with Gasteiger partial charge in [0.05, 0.1) is 0 Å². The Labute approximate surface area is 106 Å². The van der Waals surface area contributed by atoms with E-state index in [2.05, 4.69) is 57.3 Å². The van der Waals surface area contributed by atoms with Crippen molar-refractivity contribution < 1.29 is 0 Å². The van der Waals surface area contributed by atoms with Gasteiger partial charge < -0.3 is 5.32 Å². The van der Waals surface area contributed by atoms with E-state index < -0.39 is 0 Å². The molecule has 2 unspecified atom stereocenters. The van der Waals surface area contributed by atoms with Crippen molar-refractivity contribution in [1.82, 2.24) is 5.32 Å². The van der Waals surface area contributed by atoms with E-state index in [1.165, 1.54) is 30.4 Å². The zero-order valence-electron chi connectivity index (χ0n) is 11.6. The molecule has 1 N–H and O–H groups in total. The van der Waals surface area contributed by atoms with Gasteiger partial charge >= 0.3 is 0 Å². The largest absolute Gasteiger partial charge is 0.307 e. The summed E-state index contributed by atoms with van der Waals surface area (Å²) in [6.07, 6.45) is 3.73. The lowest BCUT2D eigenvalue weighted by atomic mass is 10.0. The Bertz CT molecular complexity index is 364. The molecule has 0 heterocycles. The minimum atomic E-state index is 0.470. The van der Waals surface area contributed by atoms with Crippen molar-refractivity contribution in [2.45, 2.75) is 59.0 Å². The third-order valence-electron chi connectivity index (χ3n) is 3.98. The highest BCUT2D eigenvalue weighted by Crippen LogP contribution is 2.45. The molecule has 1 aromatic rings. The van der Waals surface area contributed by atoms with Crippen LogP contribution >= 0.6 is 0 Å². The summed E-state index contributed by atoms with van der Waals surface area (Å²) in [7, 11) is 0. The van der Waals surface area contributed by atoms with E-state index in [0.29, 0.717) is 17.5 Å². The van der Waals surface area contributed by atoms with Crippen molar-refractivity contribution in [2.24, 2.45) is 5.41 Å². The summed E-state index contributed by atoms with van der Waals surface area (Å²) >= 11 is 0. The Hall–Kier alpha value is -0.820. The maximum atomic E-state index is 3.71. The molecule has 1 aromatic carbocycles. The molecule has 2 atom stereocenters. The zero-order valence-corrected chi connectivity index (χ0v) is 11.6. The number of nitrogens with one attached hydrogen (secondary N) is 1. The third kappa shape index (κ3) is 3.10. The SMILES string of the molecule is CCCc1ccc(C(C)NC2CC2(C)C)cc1. The van der Waals surface area contributed by atoms with Gasteiger partial charge in [-0.1, -0.05) is 51.5 Å². The topological polar surface area (TPSA) is 12.0 Å². The van der Waals surface area contributed by atoms with Crippen LogP contribution in [-0.4, -0.2) is 6.04 Å². The number of hydrogen-bond acceptors (Lipinski definition) is 1. The summed E-state index contributed by atoms with van der Waals surface area (Å²) in [6.45, 7) is 9.17. The van der Waals surface area contributed by atoms with Crippen LogP contribution in [-0.2, 0) is 6.42 Å². The average Bonchev–Trinajstić information content (AvgIpc) is 2.87. The molecule has 1 fully saturated rings. The van der Waals surface area contributed by atoms with Crippen molar-refractivity contribution in [2.75, 3.05) is 0 Å². The van der Waals surface area contributed by atoms with Crippen LogP contribution in [0.3, 0.4) is 0 Å². The summed E-state index contributed by atoms with van der Waals surface area (Å²) < 4.78 is 0. The van der Waals surface area contributed by atoms with Gasteiger partial charge in [-0.3, -0.25) is 0 Å². The summed E-state index contributed by atoms with van der Waals surface area (Å²) in [6, 6.07) is 10.3. The van der Waals surface area contributed by atoms with Crippen LogP contribution < -0.4 is 5.32 Å². The molecule has 0 aromatic heterocycles. The fraction of sp³-hybridized carbons (Fsp3) is 0.625. The van der Waals surface area contributed by atoms with Crippen LogP contribution in [0, 0.1) is 5.41 Å². The third-order valence-corrected chi connectivity index (χ3v) is 3.98. The minimum absolute atomic E-state index is 0.470. The molecular weight excluding hydrogens is 206 g/mol. The van der Waals surface area contributed by atoms with Gasteiger partial charge in [0.1, 0.15) is 0 Å². The van der Waals surface area contributed by atoms with E-state index in [1.807, 2.05) is 0 Å². The van der Waals surface area contributed by atoms with Gasteiger partial charge in [-0.05, 0) is 36.3 Å². The molecule has 2 rings (SSSR count). The van der Waals surface area contributed by atoms with Crippen LogP contribution in [0.4, 0.5) is 0 Å². The number of hydrogen-bond donors (Lipinski definition) is 1. The van der Waals surface area contributed by atoms with E-state index in [0.717, 1.165) is 0 Å². The molecule has 0 spiro atoms. The molecule has 1 aliphatic rings. The van der Waals surface area contributed by atoms with Crippen LogP contribution in [0.15, 0.2) is 24.3 Å². The van der Waals surface area contributed by atoms with Crippen molar-refractivity contribution >= 4 is 0 Å². The van der Waals surface area contributed by atoms with Crippen LogP contribution in [0.2, 0.25) is 0 Å². The summed E-state index contributed by atoms with van der Waals surface area (Å²) in [5, 5.41) is 3.71. The van der Waals surface area contributed by atoms with Crippen LogP contribution in [0.1, 0.15) is 57.7 Å². The maximum Gasteiger partial charge on any atom is 0.0294 e. The molecule has 0 radical (unpaired) electrons. The average molecular weight is 231 g/mol. The number of benzene rings is 1. The second-order valence-corrected chi connectivity index (χ2v) is 6.13. The molecule has 1 heteroatoms. The van der Waals surface area contributed by atoms with E-state index >= 15 is 0 Å². The summed E-state index contributed by atoms with van der Waals surface area (Å²) in [4.78, 5) is 0. The highest BCUT2D eigenvalue weighted by molar-refractivity contribution is 5.25. The Morgan fingerprint density at radius 3 is 2.35 bits per heavy atom. The molecular formula is C16H25N. The lowest BCUT2D eigenvalue weighted by Gasteiger charge is -2.16. The first-order chi connectivity index (χ1) is 8.03. The van der Waals surface area contributed by atoms with E-state index in [-0.39, 0.29) is 0 Å². The highest BCUT2D eigenvalue weighted by Gasteiger charge is 2.45. The molecule has 0 aliphatic heterocycles. The standard InChI is InChI=1S/C16H25N/c1-5-6-13-7-9-14(10-8-13)12(2)17-15-11-16(15,3)4/h7-10,12,15,17H,5-6,11H2,1-4H3. The Morgan fingerprint density at radius 2 is 1.88 bits per heavy atom. The lowest BCUT2D eigenvalue weighted by Crippen LogP contribution is -2.24. The second kappa shape index (κ2) is 4.81. The van der Waals surface area contributed by atoms with Gasteiger partial charge in [-0.2, -0.15) is 0 Å². The molecule has 94 valence electrons. The quantitative estimate of drug-likeness (QED) is 0.805. The van der Waals surface area contributed by atoms with Gasteiger partial charge in [0, 0.05) is 12.1 Å². The molecule has 1 nitrogen and oxygen atoms in total. The zero-order chi connectivity index (χ0) is 12.5. The smallest absolute Gasteiger partial charge is 0.0294 e. The first kappa shape index (κ1) is 12.6. The lowest BCUT2D eigenvalue weighted by molar-refractivity contribution is 0.492. The van der Waals surface area contributed by atoms with Crippen molar-refractivity contribution in [3.8, 4) is 0 Å². The first-order valence-corrected chi connectivity index (χ1v) is 6.88. The van der Waals surface area contributed by atoms with Gasteiger partial charge in [0.25, 0.3) is 0 Å². The number of aryl methyl sites for hydroxylation is 1. The Kier molecular flexibility index (Phi) is 3.58. The molecule has 1 saturated carbocycles. The van der Waals surface area contributed by atoms with E-state index in [9.17, 15) is 0 Å². The molecule has 17 heavy (non-hydrogen) atoms. The molecule has 0 bridgehead atoms. The fourth-order valence-corrected chi connectivity index (χ4v) is 2.41.